The van der Waals surface area contributed by atoms with Gasteiger partial charge in [0.1, 0.15) is 6.54 Å². The summed E-state index contributed by atoms with van der Waals surface area (Å²) in [4.78, 5) is 25.7. The Morgan fingerprint density at radius 2 is 2.40 bits per heavy atom. The molecule has 20 heavy (non-hydrogen) atoms. The minimum absolute atomic E-state index is 0.0279. The second kappa shape index (κ2) is 6.56. The van der Waals surface area contributed by atoms with Crippen LogP contribution < -0.4 is 10.3 Å². The zero-order valence-electron chi connectivity index (χ0n) is 11.9. The van der Waals surface area contributed by atoms with E-state index in [1.807, 2.05) is 0 Å². The van der Waals surface area contributed by atoms with Gasteiger partial charge in [-0.05, 0) is 18.6 Å². The van der Waals surface area contributed by atoms with E-state index >= 15 is 0 Å². The number of pyridine rings is 1. The largest absolute Gasteiger partial charge is 0.491 e. The number of aromatic nitrogens is 1. The molecule has 1 atom stereocenters. The summed E-state index contributed by atoms with van der Waals surface area (Å²) in [5, 5.41) is 0. The standard InChI is InChI=1S/C14H20N2O4/c1-15(8-11-5-7-20-10-11)13(17)9-16-6-3-4-12(19-2)14(16)18/h3-4,6,11H,5,7-10H2,1-2H3/t11-/m0/s1. The third kappa shape index (κ3) is 3.39. The molecule has 0 N–H and O–H groups in total. The molecule has 2 rings (SSSR count). The van der Waals surface area contributed by atoms with Crippen molar-refractivity contribution < 1.29 is 14.3 Å². The number of rotatable bonds is 5. The van der Waals surface area contributed by atoms with E-state index < -0.39 is 0 Å². The molecule has 0 saturated carbocycles. The van der Waals surface area contributed by atoms with Gasteiger partial charge in [0.05, 0.1) is 13.7 Å². The number of amides is 1. The van der Waals surface area contributed by atoms with E-state index in [-0.39, 0.29) is 23.8 Å². The Hall–Kier alpha value is -1.82. The van der Waals surface area contributed by atoms with Gasteiger partial charge in [-0.15, -0.1) is 0 Å². The average Bonchev–Trinajstić information content (AvgIpc) is 2.94. The van der Waals surface area contributed by atoms with Crippen LogP contribution in [-0.4, -0.2) is 49.3 Å². The summed E-state index contributed by atoms with van der Waals surface area (Å²) in [6.45, 7) is 2.16. The van der Waals surface area contributed by atoms with Crippen molar-refractivity contribution in [2.24, 2.45) is 5.92 Å². The Balaban J connectivity index is 1.98. The molecule has 1 aromatic heterocycles. The lowest BCUT2D eigenvalue weighted by Gasteiger charge is -2.20. The van der Waals surface area contributed by atoms with Gasteiger partial charge < -0.3 is 18.9 Å². The van der Waals surface area contributed by atoms with E-state index in [9.17, 15) is 9.59 Å². The topological polar surface area (TPSA) is 60.8 Å². The zero-order chi connectivity index (χ0) is 14.5. The first-order valence-electron chi connectivity index (χ1n) is 6.67. The zero-order valence-corrected chi connectivity index (χ0v) is 11.9. The van der Waals surface area contributed by atoms with Crippen LogP contribution in [0.4, 0.5) is 0 Å². The van der Waals surface area contributed by atoms with Crippen molar-refractivity contribution in [3.63, 3.8) is 0 Å². The Labute approximate surface area is 117 Å². The van der Waals surface area contributed by atoms with Crippen molar-refractivity contribution >= 4 is 5.91 Å². The van der Waals surface area contributed by atoms with Gasteiger partial charge in [0.2, 0.25) is 5.91 Å². The van der Waals surface area contributed by atoms with Gasteiger partial charge >= 0.3 is 0 Å². The van der Waals surface area contributed by atoms with Crippen molar-refractivity contribution in [3.8, 4) is 5.75 Å². The van der Waals surface area contributed by atoms with Crippen LogP contribution in [0.25, 0.3) is 0 Å². The van der Waals surface area contributed by atoms with Crippen molar-refractivity contribution in [1.82, 2.24) is 9.47 Å². The van der Waals surface area contributed by atoms with Crippen LogP contribution in [0, 0.1) is 5.92 Å². The molecule has 1 aliphatic heterocycles. The molecule has 0 radical (unpaired) electrons. The maximum Gasteiger partial charge on any atom is 0.293 e. The summed E-state index contributed by atoms with van der Waals surface area (Å²) in [5.74, 6) is 0.547. The fourth-order valence-corrected chi connectivity index (χ4v) is 2.28. The van der Waals surface area contributed by atoms with E-state index in [0.717, 1.165) is 13.0 Å². The van der Waals surface area contributed by atoms with Crippen LogP contribution >= 0.6 is 0 Å². The summed E-state index contributed by atoms with van der Waals surface area (Å²) < 4.78 is 11.6. The van der Waals surface area contributed by atoms with Crippen molar-refractivity contribution in [1.29, 1.82) is 0 Å². The van der Waals surface area contributed by atoms with Gasteiger partial charge in [-0.2, -0.15) is 0 Å². The van der Waals surface area contributed by atoms with Gasteiger partial charge in [-0.1, -0.05) is 0 Å². The molecular formula is C14H20N2O4. The quantitative estimate of drug-likeness (QED) is 0.781. The van der Waals surface area contributed by atoms with Crippen LogP contribution in [0.2, 0.25) is 0 Å². The predicted octanol–water partition coefficient (Wildman–Crippen LogP) is 0.352. The highest BCUT2D eigenvalue weighted by molar-refractivity contribution is 5.75. The molecule has 0 aliphatic carbocycles. The third-order valence-electron chi connectivity index (χ3n) is 3.49. The molecule has 6 nitrogen and oxygen atoms in total. The van der Waals surface area contributed by atoms with Crippen LogP contribution in [0.3, 0.4) is 0 Å². The number of ether oxygens (including phenoxy) is 2. The number of methoxy groups -OCH3 is 1. The highest BCUT2D eigenvalue weighted by atomic mass is 16.5. The first kappa shape index (κ1) is 14.6. The number of hydrogen-bond acceptors (Lipinski definition) is 4. The lowest BCUT2D eigenvalue weighted by Crippen LogP contribution is -2.36. The molecule has 1 fully saturated rings. The number of hydrogen-bond donors (Lipinski definition) is 0. The Morgan fingerprint density at radius 3 is 3.05 bits per heavy atom. The summed E-state index contributed by atoms with van der Waals surface area (Å²) >= 11 is 0. The van der Waals surface area contributed by atoms with Gasteiger partial charge in [-0.25, -0.2) is 0 Å². The molecule has 0 unspecified atom stereocenters. The second-order valence-electron chi connectivity index (χ2n) is 5.01. The molecule has 110 valence electrons. The summed E-state index contributed by atoms with van der Waals surface area (Å²) in [6.07, 6.45) is 2.58. The molecule has 2 heterocycles. The fraction of sp³-hybridized carbons (Fsp3) is 0.571. The fourth-order valence-electron chi connectivity index (χ4n) is 2.28. The van der Waals surface area contributed by atoms with Gasteiger partial charge in [0, 0.05) is 32.3 Å². The van der Waals surface area contributed by atoms with Crippen LogP contribution in [-0.2, 0) is 16.1 Å². The van der Waals surface area contributed by atoms with Crippen LogP contribution in [0.5, 0.6) is 5.75 Å². The Bertz CT molecular complexity index is 520. The molecule has 0 spiro atoms. The van der Waals surface area contributed by atoms with E-state index in [2.05, 4.69) is 0 Å². The molecule has 0 bridgehead atoms. The monoisotopic (exact) mass is 280 g/mol. The van der Waals surface area contributed by atoms with Crippen LogP contribution in [0.15, 0.2) is 23.1 Å². The first-order valence-corrected chi connectivity index (χ1v) is 6.67. The normalized spacial score (nSPS) is 18.0. The summed E-state index contributed by atoms with van der Waals surface area (Å²) in [5.41, 5.74) is -0.291. The minimum atomic E-state index is -0.291. The van der Waals surface area contributed by atoms with Crippen molar-refractivity contribution in [3.05, 3.63) is 28.7 Å². The van der Waals surface area contributed by atoms with E-state index in [0.29, 0.717) is 19.1 Å². The lowest BCUT2D eigenvalue weighted by atomic mass is 10.1. The first-order chi connectivity index (χ1) is 9.61. The molecule has 1 aromatic rings. The lowest BCUT2D eigenvalue weighted by molar-refractivity contribution is -0.131. The molecule has 1 saturated heterocycles. The van der Waals surface area contributed by atoms with Crippen molar-refractivity contribution in [2.75, 3.05) is 33.9 Å². The minimum Gasteiger partial charge on any atom is -0.491 e. The van der Waals surface area contributed by atoms with Gasteiger partial charge in [-0.3, -0.25) is 9.59 Å². The maximum atomic E-state index is 12.1. The Kier molecular flexibility index (Phi) is 4.79. The molecule has 1 amide bonds. The van der Waals surface area contributed by atoms with E-state index in [4.69, 9.17) is 9.47 Å². The highest BCUT2D eigenvalue weighted by Crippen LogP contribution is 2.13. The number of carbonyl (C=O) groups excluding carboxylic acids is 1. The number of carbonyl (C=O) groups is 1. The Morgan fingerprint density at radius 1 is 1.60 bits per heavy atom. The summed E-state index contributed by atoms with van der Waals surface area (Å²) in [7, 11) is 3.20. The average molecular weight is 280 g/mol. The SMILES string of the molecule is COc1cccn(CC(=O)N(C)C[C@@H]2CCOC2)c1=O. The van der Waals surface area contributed by atoms with E-state index in [1.54, 1.807) is 30.3 Å². The van der Waals surface area contributed by atoms with E-state index in [1.165, 1.54) is 11.7 Å². The van der Waals surface area contributed by atoms with Gasteiger partial charge in [0.25, 0.3) is 5.56 Å². The van der Waals surface area contributed by atoms with Gasteiger partial charge in [0.15, 0.2) is 5.75 Å². The second-order valence-corrected chi connectivity index (χ2v) is 5.01. The van der Waals surface area contributed by atoms with Crippen LogP contribution in [0.1, 0.15) is 6.42 Å². The molecule has 6 heteroatoms. The molecular weight excluding hydrogens is 260 g/mol. The summed E-state index contributed by atoms with van der Waals surface area (Å²) in [6, 6.07) is 3.28. The highest BCUT2D eigenvalue weighted by Gasteiger charge is 2.20. The molecule has 1 aliphatic rings. The number of likely N-dealkylation sites (N-methyl/N-ethyl adjacent to an activating group) is 1. The smallest absolute Gasteiger partial charge is 0.293 e. The predicted molar refractivity (Wildman–Crippen MR) is 73.8 cm³/mol. The molecule has 0 aromatic carbocycles. The van der Waals surface area contributed by atoms with Crippen molar-refractivity contribution in [2.45, 2.75) is 13.0 Å². The third-order valence-corrected chi connectivity index (χ3v) is 3.49. The maximum absolute atomic E-state index is 12.1. The number of nitrogens with zero attached hydrogens (tertiary/aromatic N) is 2.